The lowest BCUT2D eigenvalue weighted by molar-refractivity contribution is -0.151. The van der Waals surface area contributed by atoms with E-state index in [9.17, 15) is 14.7 Å². The molecule has 2 N–H and O–H groups in total. The molecule has 0 radical (unpaired) electrons. The van der Waals surface area contributed by atoms with E-state index in [1.165, 1.54) is 0 Å². The zero-order valence-corrected chi connectivity index (χ0v) is 16.8. The number of nitrogens with one attached hydrogen (secondary N) is 1. The van der Waals surface area contributed by atoms with Crippen molar-refractivity contribution in [2.24, 2.45) is 5.92 Å². The molecule has 0 spiro atoms. The van der Waals surface area contributed by atoms with Gasteiger partial charge in [-0.1, -0.05) is 18.2 Å². The lowest BCUT2D eigenvalue weighted by Gasteiger charge is -2.59. The number of hydrogen-bond acceptors (Lipinski definition) is 4. The van der Waals surface area contributed by atoms with Crippen molar-refractivity contribution in [3.05, 3.63) is 54.1 Å². The molecule has 3 aliphatic rings. The van der Waals surface area contributed by atoms with Crippen LogP contribution in [0.4, 0.5) is 16.2 Å². The summed E-state index contributed by atoms with van der Waals surface area (Å²) in [5, 5.41) is 12.9. The molecule has 7 nitrogen and oxygen atoms in total. The van der Waals surface area contributed by atoms with Gasteiger partial charge in [-0.15, -0.1) is 0 Å². The molecule has 0 bridgehead atoms. The zero-order valence-electron chi connectivity index (χ0n) is 16.8. The number of para-hydroxylation sites is 1. The van der Waals surface area contributed by atoms with Gasteiger partial charge < -0.3 is 20.1 Å². The van der Waals surface area contributed by atoms with E-state index in [0.717, 1.165) is 29.8 Å². The number of carbonyl (C=O) groups is 2. The average molecular weight is 407 g/mol. The number of methoxy groups -OCH3 is 1. The Balaban J connectivity index is 1.43. The Morgan fingerprint density at radius 3 is 2.53 bits per heavy atom. The molecule has 30 heavy (non-hydrogen) atoms. The van der Waals surface area contributed by atoms with E-state index in [1.54, 1.807) is 36.3 Å². The van der Waals surface area contributed by atoms with Crippen molar-refractivity contribution in [2.75, 3.05) is 30.5 Å². The van der Waals surface area contributed by atoms with Crippen molar-refractivity contribution >= 4 is 23.3 Å². The third-order valence-electron chi connectivity index (χ3n) is 6.45. The predicted molar refractivity (Wildman–Crippen MR) is 113 cm³/mol. The first-order valence-corrected chi connectivity index (χ1v) is 10.4. The lowest BCUT2D eigenvalue weighted by atomic mass is 9.71. The highest BCUT2D eigenvalue weighted by molar-refractivity contribution is 6.03. The number of aliphatic hydroxyl groups is 1. The molecule has 156 valence electrons. The number of anilines is 2. The number of benzene rings is 2. The summed E-state index contributed by atoms with van der Waals surface area (Å²) in [6, 6.07) is 14.4. The standard InChI is InChI=1S/C23H25N3O4/c1-30-16-10-8-15(9-11-16)24-23(29)25-12-19-21(17-4-2-3-5-18(17)25)20(13-27)26(19)22(28)14-6-7-14/h2-5,8-11,14,19-21,27H,6-7,12-13H2,1H3,(H,24,29)/t19-,20-,21+/m1/s1. The Labute approximate surface area is 175 Å². The van der Waals surface area contributed by atoms with Crippen molar-refractivity contribution in [1.29, 1.82) is 0 Å². The van der Waals surface area contributed by atoms with Crippen LogP contribution >= 0.6 is 0 Å². The molecule has 1 saturated heterocycles. The van der Waals surface area contributed by atoms with Crippen molar-refractivity contribution < 1.29 is 19.4 Å². The average Bonchev–Trinajstić information content (AvgIpc) is 3.60. The molecule has 0 aromatic heterocycles. The largest absolute Gasteiger partial charge is 0.497 e. The summed E-state index contributed by atoms with van der Waals surface area (Å²) in [6.45, 7) is 0.352. The number of ether oxygens (including phenoxy) is 1. The van der Waals surface area contributed by atoms with Crippen LogP contribution in [0.2, 0.25) is 0 Å². The molecule has 2 aliphatic heterocycles. The van der Waals surface area contributed by atoms with Crippen molar-refractivity contribution in [1.82, 2.24) is 4.90 Å². The third kappa shape index (κ3) is 3.01. The molecule has 1 saturated carbocycles. The molecule has 5 rings (SSSR count). The number of amides is 3. The van der Waals surface area contributed by atoms with Gasteiger partial charge >= 0.3 is 6.03 Å². The molecule has 7 heteroatoms. The van der Waals surface area contributed by atoms with Crippen LogP contribution in [-0.4, -0.2) is 54.3 Å². The number of nitrogens with zero attached hydrogens (tertiary/aromatic N) is 2. The second-order valence-corrected chi connectivity index (χ2v) is 8.19. The van der Waals surface area contributed by atoms with E-state index in [-0.39, 0.29) is 42.5 Å². The highest BCUT2D eigenvalue weighted by atomic mass is 16.5. The lowest BCUT2D eigenvalue weighted by Crippen LogP contribution is -2.71. The van der Waals surface area contributed by atoms with Gasteiger partial charge in [-0.05, 0) is 48.7 Å². The quantitative estimate of drug-likeness (QED) is 0.817. The highest BCUT2D eigenvalue weighted by Crippen LogP contribution is 2.50. The minimum atomic E-state index is -0.239. The van der Waals surface area contributed by atoms with Crippen LogP contribution in [0, 0.1) is 5.92 Å². The first-order valence-electron chi connectivity index (χ1n) is 10.4. The predicted octanol–water partition coefficient (Wildman–Crippen LogP) is 2.81. The monoisotopic (exact) mass is 407 g/mol. The maximum atomic E-state index is 13.2. The van der Waals surface area contributed by atoms with E-state index in [1.807, 2.05) is 29.2 Å². The molecule has 3 atom stereocenters. The number of rotatable bonds is 4. The van der Waals surface area contributed by atoms with Crippen LogP contribution in [0.1, 0.15) is 24.3 Å². The number of likely N-dealkylation sites (tertiary alicyclic amines) is 1. The van der Waals surface area contributed by atoms with Crippen LogP contribution in [0.3, 0.4) is 0 Å². The summed E-state index contributed by atoms with van der Waals surface area (Å²) in [5.41, 5.74) is 2.52. The van der Waals surface area contributed by atoms with Gasteiger partial charge in [-0.2, -0.15) is 0 Å². The van der Waals surface area contributed by atoms with Gasteiger partial charge in [-0.25, -0.2) is 4.79 Å². The maximum Gasteiger partial charge on any atom is 0.326 e. The normalized spacial score (nSPS) is 24.4. The Hall–Kier alpha value is -3.06. The molecule has 2 aromatic rings. The van der Waals surface area contributed by atoms with Gasteiger partial charge in [-0.3, -0.25) is 9.69 Å². The number of hydrogen-bond donors (Lipinski definition) is 2. The fourth-order valence-corrected chi connectivity index (χ4v) is 4.79. The van der Waals surface area contributed by atoms with Crippen molar-refractivity contribution in [3.8, 4) is 5.75 Å². The van der Waals surface area contributed by atoms with Crippen molar-refractivity contribution in [2.45, 2.75) is 30.8 Å². The molecule has 2 heterocycles. The summed E-state index contributed by atoms with van der Waals surface area (Å²) in [7, 11) is 1.60. The summed E-state index contributed by atoms with van der Waals surface area (Å²) < 4.78 is 5.17. The fraction of sp³-hybridized carbons (Fsp3) is 0.391. The summed E-state index contributed by atoms with van der Waals surface area (Å²) >= 11 is 0. The van der Waals surface area contributed by atoms with Gasteiger partial charge in [0.25, 0.3) is 0 Å². The summed E-state index contributed by atoms with van der Waals surface area (Å²) in [5.74, 6) is 0.973. The summed E-state index contributed by atoms with van der Waals surface area (Å²) in [4.78, 5) is 29.5. The second-order valence-electron chi connectivity index (χ2n) is 8.19. The number of urea groups is 1. The van der Waals surface area contributed by atoms with Gasteiger partial charge in [0.1, 0.15) is 5.75 Å². The van der Waals surface area contributed by atoms with Crippen molar-refractivity contribution in [3.63, 3.8) is 0 Å². The zero-order chi connectivity index (χ0) is 20.8. The molecular weight excluding hydrogens is 382 g/mol. The molecule has 2 aromatic carbocycles. The van der Waals surface area contributed by atoms with Crippen LogP contribution in [0.5, 0.6) is 5.75 Å². The minimum Gasteiger partial charge on any atom is -0.497 e. The Morgan fingerprint density at radius 1 is 1.13 bits per heavy atom. The van der Waals surface area contributed by atoms with E-state index >= 15 is 0 Å². The second kappa shape index (κ2) is 7.32. The van der Waals surface area contributed by atoms with E-state index in [4.69, 9.17) is 4.74 Å². The molecular formula is C23H25N3O4. The minimum absolute atomic E-state index is 0.0546. The van der Waals surface area contributed by atoms with E-state index in [0.29, 0.717) is 12.2 Å². The number of carbonyl (C=O) groups excluding carboxylic acids is 2. The van der Waals surface area contributed by atoms with Crippen LogP contribution in [0.15, 0.2) is 48.5 Å². The van der Waals surface area contributed by atoms with Gasteiger partial charge in [0.05, 0.1) is 25.8 Å². The molecule has 3 amide bonds. The molecule has 1 aliphatic carbocycles. The first-order chi connectivity index (χ1) is 14.6. The maximum absolute atomic E-state index is 13.2. The van der Waals surface area contributed by atoms with Gasteiger partial charge in [0.2, 0.25) is 5.91 Å². The SMILES string of the molecule is COc1ccc(NC(=O)N2C[C@@H]3[C@H](c4ccccc42)[C@@H](CO)N3C(=O)C2CC2)cc1. The smallest absolute Gasteiger partial charge is 0.326 e. The Bertz CT molecular complexity index is 973. The van der Waals surface area contributed by atoms with E-state index < -0.39 is 0 Å². The van der Waals surface area contributed by atoms with E-state index in [2.05, 4.69) is 5.32 Å². The highest BCUT2D eigenvalue weighted by Gasteiger charge is 2.56. The third-order valence-corrected chi connectivity index (χ3v) is 6.45. The summed E-state index contributed by atoms with van der Waals surface area (Å²) in [6.07, 6.45) is 1.84. The number of aliphatic hydroxyl groups excluding tert-OH is 1. The van der Waals surface area contributed by atoms with Crippen LogP contribution in [-0.2, 0) is 4.79 Å². The Kier molecular flexibility index (Phi) is 4.62. The van der Waals surface area contributed by atoms with Gasteiger partial charge in [0, 0.05) is 29.8 Å². The molecule has 2 fully saturated rings. The van der Waals surface area contributed by atoms with Crippen LogP contribution in [0.25, 0.3) is 0 Å². The Morgan fingerprint density at radius 2 is 1.87 bits per heavy atom. The van der Waals surface area contributed by atoms with Gasteiger partial charge in [0.15, 0.2) is 0 Å². The topological polar surface area (TPSA) is 82.1 Å². The van der Waals surface area contributed by atoms with Crippen LogP contribution < -0.4 is 15.0 Å². The fourth-order valence-electron chi connectivity index (χ4n) is 4.79. The molecule has 0 unspecified atom stereocenters. The number of fused-ring (bicyclic) bond motifs is 3. The first kappa shape index (κ1) is 18.9.